The molecule has 2 heterocycles. The number of carbonyl (C=O) groups excluding carboxylic acids is 1. The molecule has 0 bridgehead atoms. The Kier molecular flexibility index (Phi) is 4.92. The molecule has 0 unspecified atom stereocenters. The van der Waals surface area contributed by atoms with E-state index in [4.69, 9.17) is 16.3 Å². The quantitative estimate of drug-likeness (QED) is 0.857. The van der Waals surface area contributed by atoms with E-state index in [1.165, 1.54) is 0 Å². The summed E-state index contributed by atoms with van der Waals surface area (Å²) in [5.41, 5.74) is 4.04. The summed E-state index contributed by atoms with van der Waals surface area (Å²) in [6.07, 6.45) is 0.287. The fourth-order valence-corrected chi connectivity index (χ4v) is 3.22. The van der Waals surface area contributed by atoms with Gasteiger partial charge in [-0.3, -0.25) is 9.48 Å². The third-order valence-electron chi connectivity index (χ3n) is 4.65. The lowest BCUT2D eigenvalue weighted by atomic mass is 10.1. The van der Waals surface area contributed by atoms with Crippen molar-refractivity contribution >= 4 is 17.5 Å². The van der Waals surface area contributed by atoms with Gasteiger partial charge in [-0.25, -0.2) is 0 Å². The van der Waals surface area contributed by atoms with Gasteiger partial charge in [-0.15, -0.1) is 0 Å². The van der Waals surface area contributed by atoms with Crippen molar-refractivity contribution < 1.29 is 9.53 Å². The van der Waals surface area contributed by atoms with Crippen molar-refractivity contribution in [1.29, 1.82) is 0 Å². The van der Waals surface area contributed by atoms with Crippen molar-refractivity contribution in [2.45, 2.75) is 26.4 Å². The van der Waals surface area contributed by atoms with Crippen molar-refractivity contribution in [2.24, 2.45) is 7.05 Å². The molecule has 0 aliphatic carbocycles. The summed E-state index contributed by atoms with van der Waals surface area (Å²) >= 11 is 5.94. The summed E-state index contributed by atoms with van der Waals surface area (Å²) in [6.45, 7) is 5.69. The number of hydrogen-bond donors (Lipinski definition) is 0. The Morgan fingerprint density at radius 2 is 2.04 bits per heavy atom. The molecule has 2 aromatic rings. The minimum absolute atomic E-state index is 0.101. The average Bonchev–Trinajstić information content (AvgIpc) is 2.82. The number of aromatic nitrogens is 2. The second-order valence-corrected chi connectivity index (χ2v) is 6.64. The Balaban J connectivity index is 1.70. The van der Waals surface area contributed by atoms with Crippen LogP contribution in [-0.2, 0) is 23.0 Å². The van der Waals surface area contributed by atoms with Gasteiger partial charge in [-0.2, -0.15) is 5.10 Å². The van der Waals surface area contributed by atoms with E-state index in [9.17, 15) is 4.79 Å². The van der Waals surface area contributed by atoms with Crippen LogP contribution in [0.2, 0.25) is 5.02 Å². The average molecular weight is 348 g/mol. The van der Waals surface area contributed by atoms with Gasteiger partial charge in [0, 0.05) is 29.9 Å². The summed E-state index contributed by atoms with van der Waals surface area (Å²) in [7, 11) is 1.90. The first-order valence-corrected chi connectivity index (χ1v) is 8.47. The Morgan fingerprint density at radius 1 is 1.33 bits per heavy atom. The van der Waals surface area contributed by atoms with Crippen molar-refractivity contribution in [3.8, 4) is 0 Å². The molecule has 6 heteroatoms. The first-order valence-electron chi connectivity index (χ1n) is 8.09. The fourth-order valence-electron chi connectivity index (χ4n) is 3.09. The molecule has 1 aromatic carbocycles. The minimum Gasteiger partial charge on any atom is -0.370 e. The lowest BCUT2D eigenvalue weighted by molar-refractivity contribution is -0.138. The van der Waals surface area contributed by atoms with E-state index < -0.39 is 0 Å². The van der Waals surface area contributed by atoms with Crippen LogP contribution >= 0.6 is 11.6 Å². The number of morpholine rings is 1. The van der Waals surface area contributed by atoms with Gasteiger partial charge in [0.2, 0.25) is 5.91 Å². The molecule has 1 amide bonds. The summed E-state index contributed by atoms with van der Waals surface area (Å²) in [5, 5.41) is 5.09. The van der Waals surface area contributed by atoms with E-state index in [2.05, 4.69) is 5.10 Å². The zero-order valence-electron chi connectivity index (χ0n) is 14.3. The van der Waals surface area contributed by atoms with Crippen molar-refractivity contribution in [1.82, 2.24) is 14.7 Å². The van der Waals surface area contributed by atoms with Crippen LogP contribution in [-0.4, -0.2) is 40.3 Å². The van der Waals surface area contributed by atoms with E-state index in [0.717, 1.165) is 22.5 Å². The van der Waals surface area contributed by atoms with Gasteiger partial charge in [-0.05, 0) is 31.5 Å². The minimum atomic E-state index is -0.101. The van der Waals surface area contributed by atoms with Crippen molar-refractivity contribution in [3.05, 3.63) is 51.8 Å². The maximum atomic E-state index is 12.7. The second-order valence-electron chi connectivity index (χ2n) is 6.20. The highest BCUT2D eigenvalue weighted by Gasteiger charge is 2.26. The first-order chi connectivity index (χ1) is 11.5. The molecular weight excluding hydrogens is 326 g/mol. The normalized spacial score (nSPS) is 18.0. The number of nitrogens with zero attached hydrogens (tertiary/aromatic N) is 3. The number of halogens is 1. The third kappa shape index (κ3) is 3.47. The molecule has 5 nitrogen and oxygen atoms in total. The van der Waals surface area contributed by atoms with Crippen LogP contribution in [0.15, 0.2) is 24.3 Å². The van der Waals surface area contributed by atoms with E-state index in [1.54, 1.807) is 0 Å². The second kappa shape index (κ2) is 6.95. The van der Waals surface area contributed by atoms with Crippen LogP contribution in [0.3, 0.4) is 0 Å². The SMILES string of the molecule is Cc1nn(C)c(C)c1CC(=O)N1CCO[C@H](c2ccc(Cl)cc2)C1. The van der Waals surface area contributed by atoms with Crippen molar-refractivity contribution in [2.75, 3.05) is 19.7 Å². The zero-order chi connectivity index (χ0) is 17.3. The first kappa shape index (κ1) is 17.0. The molecule has 1 saturated heterocycles. The molecule has 1 aliphatic rings. The van der Waals surface area contributed by atoms with Crippen LogP contribution < -0.4 is 0 Å². The molecular formula is C18H22ClN3O2. The smallest absolute Gasteiger partial charge is 0.227 e. The fraction of sp³-hybridized carbons (Fsp3) is 0.444. The van der Waals surface area contributed by atoms with Gasteiger partial charge in [0.1, 0.15) is 6.10 Å². The van der Waals surface area contributed by atoms with Crippen LogP contribution in [0.25, 0.3) is 0 Å². The van der Waals surface area contributed by atoms with Crippen LogP contribution in [0.4, 0.5) is 0 Å². The molecule has 128 valence electrons. The zero-order valence-corrected chi connectivity index (χ0v) is 15.0. The number of rotatable bonds is 3. The predicted molar refractivity (Wildman–Crippen MR) is 93.1 cm³/mol. The topological polar surface area (TPSA) is 47.4 Å². The van der Waals surface area contributed by atoms with Crippen molar-refractivity contribution in [3.63, 3.8) is 0 Å². The molecule has 1 atom stereocenters. The Labute approximate surface area is 147 Å². The van der Waals surface area contributed by atoms with Crippen LogP contribution in [0.1, 0.15) is 28.6 Å². The molecule has 1 aromatic heterocycles. The Bertz CT molecular complexity index is 739. The Morgan fingerprint density at radius 3 is 2.67 bits per heavy atom. The van der Waals surface area contributed by atoms with Gasteiger partial charge in [-0.1, -0.05) is 23.7 Å². The molecule has 1 fully saturated rings. The summed E-state index contributed by atoms with van der Waals surface area (Å²) in [6, 6.07) is 7.61. The standard InChI is InChI=1S/C18H22ClN3O2/c1-12-16(13(2)21(3)20-12)10-18(23)22-8-9-24-17(11-22)14-4-6-15(19)7-5-14/h4-7,17H,8-11H2,1-3H3/t17-/m0/s1. The van der Waals surface area contributed by atoms with E-state index >= 15 is 0 Å². The highest BCUT2D eigenvalue weighted by Crippen LogP contribution is 2.24. The Hall–Kier alpha value is -1.85. The number of benzene rings is 1. The molecule has 0 N–H and O–H groups in total. The number of ether oxygens (including phenoxy) is 1. The van der Waals surface area contributed by atoms with Crippen LogP contribution in [0, 0.1) is 13.8 Å². The summed E-state index contributed by atoms with van der Waals surface area (Å²) < 4.78 is 7.66. The van der Waals surface area contributed by atoms with E-state index in [-0.39, 0.29) is 12.0 Å². The monoisotopic (exact) mass is 347 g/mol. The van der Waals surface area contributed by atoms with Gasteiger partial charge in [0.15, 0.2) is 0 Å². The number of amides is 1. The summed E-state index contributed by atoms with van der Waals surface area (Å²) in [5.74, 6) is 0.122. The molecule has 0 saturated carbocycles. The molecule has 0 spiro atoms. The lowest BCUT2D eigenvalue weighted by Gasteiger charge is -2.33. The maximum absolute atomic E-state index is 12.7. The molecule has 3 rings (SSSR count). The van der Waals surface area contributed by atoms with E-state index in [0.29, 0.717) is 31.1 Å². The number of carbonyl (C=O) groups is 1. The molecule has 24 heavy (non-hydrogen) atoms. The highest BCUT2D eigenvalue weighted by molar-refractivity contribution is 6.30. The predicted octanol–water partition coefficient (Wildman–Crippen LogP) is 2.83. The van der Waals surface area contributed by atoms with Gasteiger partial charge in [0.25, 0.3) is 0 Å². The van der Waals surface area contributed by atoms with Gasteiger partial charge in [0.05, 0.1) is 25.3 Å². The van der Waals surface area contributed by atoms with Crippen LogP contribution in [0.5, 0.6) is 0 Å². The molecule has 0 radical (unpaired) electrons. The maximum Gasteiger partial charge on any atom is 0.227 e. The van der Waals surface area contributed by atoms with E-state index in [1.807, 2.05) is 54.7 Å². The summed E-state index contributed by atoms with van der Waals surface area (Å²) in [4.78, 5) is 14.6. The lowest BCUT2D eigenvalue weighted by Crippen LogP contribution is -2.43. The highest BCUT2D eigenvalue weighted by atomic mass is 35.5. The van der Waals surface area contributed by atoms with Gasteiger partial charge < -0.3 is 9.64 Å². The molecule has 1 aliphatic heterocycles. The number of hydrogen-bond acceptors (Lipinski definition) is 3. The largest absolute Gasteiger partial charge is 0.370 e. The third-order valence-corrected chi connectivity index (χ3v) is 4.90. The number of aryl methyl sites for hydroxylation is 2. The van der Waals surface area contributed by atoms with Gasteiger partial charge >= 0.3 is 0 Å².